The van der Waals surface area contributed by atoms with Gasteiger partial charge in [0.2, 0.25) is 0 Å². The molecular formula is C26H22F3NO8. The first kappa shape index (κ1) is 28.0. The van der Waals surface area contributed by atoms with E-state index in [9.17, 15) is 32.9 Å². The van der Waals surface area contributed by atoms with Crippen LogP contribution in [-0.2, 0) is 33.5 Å². The van der Waals surface area contributed by atoms with Crippen LogP contribution in [0.25, 0.3) is 0 Å². The lowest BCUT2D eigenvalue weighted by atomic mass is 10.0. The van der Waals surface area contributed by atoms with E-state index in [1.165, 1.54) is 7.11 Å². The Morgan fingerprint density at radius 1 is 0.974 bits per heavy atom. The molecule has 0 fully saturated rings. The van der Waals surface area contributed by atoms with Crippen LogP contribution in [-0.4, -0.2) is 37.2 Å². The summed E-state index contributed by atoms with van der Waals surface area (Å²) in [5.41, 5.74) is -2.41. The molecule has 0 aliphatic rings. The number of rotatable bonds is 10. The van der Waals surface area contributed by atoms with E-state index < -0.39 is 51.7 Å². The minimum absolute atomic E-state index is 0.167. The summed E-state index contributed by atoms with van der Waals surface area (Å²) >= 11 is 0. The summed E-state index contributed by atoms with van der Waals surface area (Å²) in [6.07, 6.45) is -6.86. The number of halogens is 3. The maximum Gasteiger partial charge on any atom is 0.417 e. The minimum Gasteiger partial charge on any atom is -0.497 e. The Kier molecular flexibility index (Phi) is 8.89. The Balaban J connectivity index is 2.01. The fourth-order valence-electron chi connectivity index (χ4n) is 3.44. The van der Waals surface area contributed by atoms with Gasteiger partial charge in [0, 0.05) is 18.6 Å². The van der Waals surface area contributed by atoms with Crippen LogP contribution in [0.5, 0.6) is 11.5 Å². The van der Waals surface area contributed by atoms with Gasteiger partial charge in [-0.05, 0) is 23.3 Å². The molecule has 0 aromatic heterocycles. The molecule has 0 amide bonds. The molecule has 0 unspecified atom stereocenters. The molecule has 0 bridgehead atoms. The third-order valence-electron chi connectivity index (χ3n) is 5.34. The molecule has 0 spiro atoms. The Hall–Kier alpha value is -4.61. The molecule has 0 heterocycles. The van der Waals surface area contributed by atoms with Crippen molar-refractivity contribution in [2.75, 3.05) is 14.2 Å². The van der Waals surface area contributed by atoms with Gasteiger partial charge in [0.1, 0.15) is 12.4 Å². The molecule has 200 valence electrons. The van der Waals surface area contributed by atoms with Gasteiger partial charge in [-0.2, -0.15) is 13.2 Å². The second-order valence-electron chi connectivity index (χ2n) is 7.86. The van der Waals surface area contributed by atoms with Gasteiger partial charge < -0.3 is 18.9 Å². The highest BCUT2D eigenvalue weighted by Crippen LogP contribution is 2.40. The normalized spacial score (nSPS) is 11.8. The first-order valence-corrected chi connectivity index (χ1v) is 11.0. The lowest BCUT2D eigenvalue weighted by Gasteiger charge is -2.20. The zero-order valence-electron chi connectivity index (χ0n) is 20.2. The van der Waals surface area contributed by atoms with E-state index in [1.54, 1.807) is 54.6 Å². The van der Waals surface area contributed by atoms with E-state index in [1.807, 2.05) is 0 Å². The summed E-state index contributed by atoms with van der Waals surface area (Å²) in [5.74, 6) is -2.75. The van der Waals surface area contributed by atoms with E-state index in [2.05, 4.69) is 4.74 Å². The highest BCUT2D eigenvalue weighted by atomic mass is 19.4. The van der Waals surface area contributed by atoms with Gasteiger partial charge in [-0.15, -0.1) is 0 Å². The third-order valence-corrected chi connectivity index (χ3v) is 5.34. The molecule has 3 aromatic carbocycles. The van der Waals surface area contributed by atoms with Gasteiger partial charge in [-0.3, -0.25) is 10.1 Å². The number of hydrogen-bond acceptors (Lipinski definition) is 8. The molecule has 3 rings (SSSR count). The first-order valence-electron chi connectivity index (χ1n) is 11.0. The summed E-state index contributed by atoms with van der Waals surface area (Å²) < 4.78 is 61.5. The minimum atomic E-state index is -5.09. The Morgan fingerprint density at radius 3 is 2.18 bits per heavy atom. The highest BCUT2D eigenvalue weighted by molar-refractivity contribution is 5.92. The molecule has 1 atom stereocenters. The standard InChI is InChI=1S/C26H22F3NO8/c1-35-18-10-8-16(9-11-18)12-23(25(32)37-15-17-6-4-3-5-7-17)38-22-14-20(26(27,28)29)19(24(31)36-2)13-21(22)30(33)34/h3-11,13-14,23H,12,15H2,1-2H3/t23-/m0/s1. The van der Waals surface area contributed by atoms with Crippen LogP contribution in [0.3, 0.4) is 0 Å². The number of ether oxygens (including phenoxy) is 4. The number of carbonyl (C=O) groups excluding carboxylic acids is 2. The fourth-order valence-corrected chi connectivity index (χ4v) is 3.44. The van der Waals surface area contributed by atoms with E-state index in [4.69, 9.17) is 14.2 Å². The van der Waals surface area contributed by atoms with Crippen LogP contribution < -0.4 is 9.47 Å². The van der Waals surface area contributed by atoms with Gasteiger partial charge in [0.15, 0.2) is 11.9 Å². The molecular weight excluding hydrogens is 511 g/mol. The first-order chi connectivity index (χ1) is 18.0. The smallest absolute Gasteiger partial charge is 0.417 e. The zero-order chi connectivity index (χ0) is 27.9. The number of methoxy groups -OCH3 is 2. The molecule has 0 saturated heterocycles. The average molecular weight is 533 g/mol. The SMILES string of the molecule is COC(=O)c1cc([N+](=O)[O-])c(O[C@@H](Cc2ccc(OC)cc2)C(=O)OCc2ccccc2)cc1C(F)(F)F. The molecule has 3 aromatic rings. The molecule has 0 radical (unpaired) electrons. The number of nitro benzene ring substituents is 1. The van der Waals surface area contributed by atoms with Crippen LogP contribution in [0.15, 0.2) is 66.7 Å². The van der Waals surface area contributed by atoms with E-state index in [0.29, 0.717) is 29.0 Å². The fraction of sp³-hybridized carbons (Fsp3) is 0.231. The number of alkyl halides is 3. The molecule has 38 heavy (non-hydrogen) atoms. The third kappa shape index (κ3) is 6.99. The van der Waals surface area contributed by atoms with Crippen molar-refractivity contribution >= 4 is 17.6 Å². The van der Waals surface area contributed by atoms with Crippen molar-refractivity contribution in [1.29, 1.82) is 0 Å². The van der Waals surface area contributed by atoms with E-state index >= 15 is 0 Å². The van der Waals surface area contributed by atoms with Gasteiger partial charge in [0.05, 0.1) is 30.3 Å². The van der Waals surface area contributed by atoms with Gasteiger partial charge >= 0.3 is 23.8 Å². The van der Waals surface area contributed by atoms with Crippen molar-refractivity contribution in [3.63, 3.8) is 0 Å². The molecule has 0 N–H and O–H groups in total. The van der Waals surface area contributed by atoms with Crippen molar-refractivity contribution in [2.24, 2.45) is 0 Å². The Bertz CT molecular complexity index is 1290. The number of nitro groups is 1. The summed E-state index contributed by atoms with van der Waals surface area (Å²) in [7, 11) is 2.30. The van der Waals surface area contributed by atoms with Crippen molar-refractivity contribution in [3.05, 3.63) is 99.1 Å². The van der Waals surface area contributed by atoms with Crippen molar-refractivity contribution in [1.82, 2.24) is 0 Å². The summed E-state index contributed by atoms with van der Waals surface area (Å²) in [5, 5.41) is 11.7. The van der Waals surface area contributed by atoms with Gasteiger partial charge in [0.25, 0.3) is 0 Å². The van der Waals surface area contributed by atoms with Crippen LogP contribution in [0.4, 0.5) is 18.9 Å². The molecule has 0 aliphatic heterocycles. The maximum absolute atomic E-state index is 13.7. The van der Waals surface area contributed by atoms with Crippen molar-refractivity contribution < 1.29 is 46.6 Å². The van der Waals surface area contributed by atoms with Crippen LogP contribution in [0.1, 0.15) is 27.0 Å². The zero-order valence-corrected chi connectivity index (χ0v) is 20.2. The molecule has 9 nitrogen and oxygen atoms in total. The summed E-state index contributed by atoms with van der Waals surface area (Å²) in [6.45, 7) is -0.167. The maximum atomic E-state index is 13.7. The topological polar surface area (TPSA) is 114 Å². The summed E-state index contributed by atoms with van der Waals surface area (Å²) in [6, 6.07) is 15.7. The van der Waals surface area contributed by atoms with Gasteiger partial charge in [-0.1, -0.05) is 42.5 Å². The van der Waals surface area contributed by atoms with Crippen molar-refractivity contribution in [2.45, 2.75) is 25.3 Å². The Labute approximate surface area is 214 Å². The quantitative estimate of drug-likeness (QED) is 0.200. The van der Waals surface area contributed by atoms with Crippen molar-refractivity contribution in [3.8, 4) is 11.5 Å². The second-order valence-corrected chi connectivity index (χ2v) is 7.86. The van der Waals surface area contributed by atoms with Gasteiger partial charge in [-0.25, -0.2) is 9.59 Å². The lowest BCUT2D eigenvalue weighted by Crippen LogP contribution is -2.32. The van der Waals surface area contributed by atoms with E-state index in [-0.39, 0.29) is 13.0 Å². The summed E-state index contributed by atoms with van der Waals surface area (Å²) in [4.78, 5) is 35.6. The van der Waals surface area contributed by atoms with Crippen LogP contribution in [0.2, 0.25) is 0 Å². The Morgan fingerprint density at radius 2 is 1.63 bits per heavy atom. The molecule has 0 saturated carbocycles. The number of hydrogen-bond donors (Lipinski definition) is 0. The molecule has 12 heteroatoms. The van der Waals surface area contributed by atoms with Crippen LogP contribution >= 0.6 is 0 Å². The van der Waals surface area contributed by atoms with Crippen LogP contribution in [0, 0.1) is 10.1 Å². The predicted octanol–water partition coefficient (Wildman–Crippen LogP) is 5.14. The van der Waals surface area contributed by atoms with E-state index in [0.717, 1.165) is 7.11 Å². The average Bonchev–Trinajstić information content (AvgIpc) is 2.91. The lowest BCUT2D eigenvalue weighted by molar-refractivity contribution is -0.386. The monoisotopic (exact) mass is 533 g/mol. The predicted molar refractivity (Wildman–Crippen MR) is 127 cm³/mol. The highest BCUT2D eigenvalue weighted by Gasteiger charge is 2.39. The number of benzene rings is 3. The number of esters is 2. The molecule has 0 aliphatic carbocycles. The number of nitrogens with zero attached hydrogens (tertiary/aromatic N) is 1. The number of carbonyl (C=O) groups is 2. The second kappa shape index (κ2) is 12.1. The largest absolute Gasteiger partial charge is 0.497 e.